The van der Waals surface area contributed by atoms with Crippen LogP contribution in [0.4, 0.5) is 11.5 Å². The van der Waals surface area contributed by atoms with E-state index in [1.165, 1.54) is 0 Å². The highest BCUT2D eigenvalue weighted by atomic mass is 32.1. The Kier molecular flexibility index (Phi) is 4.50. The van der Waals surface area contributed by atoms with Crippen molar-refractivity contribution in [1.82, 2.24) is 9.38 Å². The average molecular weight is 395 g/mol. The Labute approximate surface area is 172 Å². The SMILES string of the molecule is Cc1cccc(N=Nc2nc3scc(-c4ccccc4)n3c2-c2ccccc2)c1. The van der Waals surface area contributed by atoms with Crippen LogP contribution in [0.1, 0.15) is 5.56 Å². The van der Waals surface area contributed by atoms with Crippen LogP contribution in [0.2, 0.25) is 0 Å². The monoisotopic (exact) mass is 394 g/mol. The first kappa shape index (κ1) is 17.5. The molecule has 4 nitrogen and oxygen atoms in total. The van der Waals surface area contributed by atoms with Gasteiger partial charge in [0.15, 0.2) is 4.96 Å². The summed E-state index contributed by atoms with van der Waals surface area (Å²) in [4.78, 5) is 5.70. The minimum absolute atomic E-state index is 0.627. The number of rotatable bonds is 4. The van der Waals surface area contributed by atoms with E-state index in [-0.39, 0.29) is 0 Å². The van der Waals surface area contributed by atoms with Crippen molar-refractivity contribution in [1.29, 1.82) is 0 Å². The summed E-state index contributed by atoms with van der Waals surface area (Å²) in [5.41, 5.74) is 6.25. The zero-order chi connectivity index (χ0) is 19.6. The first-order valence-electron chi connectivity index (χ1n) is 9.39. The number of thiazole rings is 1. The molecule has 0 bridgehead atoms. The van der Waals surface area contributed by atoms with Crippen LogP contribution < -0.4 is 0 Å². The van der Waals surface area contributed by atoms with Gasteiger partial charge in [0.2, 0.25) is 5.82 Å². The van der Waals surface area contributed by atoms with E-state index in [4.69, 9.17) is 4.98 Å². The summed E-state index contributed by atoms with van der Waals surface area (Å²) >= 11 is 1.61. The maximum absolute atomic E-state index is 4.79. The number of aryl methyl sites for hydroxylation is 1. The molecule has 140 valence electrons. The molecule has 0 radical (unpaired) electrons. The third-order valence-corrected chi connectivity index (χ3v) is 5.55. The predicted octanol–water partition coefficient (Wildman–Crippen LogP) is 7.45. The van der Waals surface area contributed by atoms with Gasteiger partial charge in [-0.1, -0.05) is 72.8 Å². The second kappa shape index (κ2) is 7.45. The lowest BCUT2D eigenvalue weighted by molar-refractivity contribution is 1.18. The lowest BCUT2D eigenvalue weighted by Crippen LogP contribution is -1.89. The molecular formula is C24H18N4S. The van der Waals surface area contributed by atoms with Crippen molar-refractivity contribution in [3.8, 4) is 22.5 Å². The second-order valence-corrected chi connectivity index (χ2v) is 7.63. The van der Waals surface area contributed by atoms with Crippen LogP contribution in [-0.4, -0.2) is 9.38 Å². The molecule has 0 aliphatic rings. The van der Waals surface area contributed by atoms with Crippen LogP contribution >= 0.6 is 11.3 Å². The van der Waals surface area contributed by atoms with Crippen molar-refractivity contribution in [2.24, 2.45) is 10.2 Å². The molecule has 0 N–H and O–H groups in total. The lowest BCUT2D eigenvalue weighted by Gasteiger charge is -2.05. The number of benzene rings is 3. The molecule has 5 heteroatoms. The first-order valence-corrected chi connectivity index (χ1v) is 10.3. The van der Waals surface area contributed by atoms with Crippen LogP contribution in [0, 0.1) is 6.92 Å². The van der Waals surface area contributed by atoms with E-state index in [1.54, 1.807) is 11.3 Å². The van der Waals surface area contributed by atoms with Crippen LogP contribution in [0.25, 0.3) is 27.5 Å². The van der Waals surface area contributed by atoms with E-state index in [2.05, 4.69) is 56.4 Å². The van der Waals surface area contributed by atoms with Gasteiger partial charge in [0.1, 0.15) is 5.69 Å². The van der Waals surface area contributed by atoms with Crippen molar-refractivity contribution in [3.63, 3.8) is 0 Å². The van der Waals surface area contributed by atoms with Crippen molar-refractivity contribution in [3.05, 3.63) is 95.9 Å². The molecule has 0 saturated heterocycles. The van der Waals surface area contributed by atoms with Crippen molar-refractivity contribution in [2.75, 3.05) is 0 Å². The van der Waals surface area contributed by atoms with E-state index < -0.39 is 0 Å². The maximum atomic E-state index is 4.79. The molecule has 5 aromatic rings. The van der Waals surface area contributed by atoms with Gasteiger partial charge >= 0.3 is 0 Å². The first-order chi connectivity index (χ1) is 14.3. The fourth-order valence-corrected chi connectivity index (χ4v) is 4.27. The molecular weight excluding hydrogens is 376 g/mol. The molecule has 2 aromatic heterocycles. The van der Waals surface area contributed by atoms with Crippen molar-refractivity contribution >= 4 is 27.8 Å². The van der Waals surface area contributed by atoms with Gasteiger partial charge in [-0.25, -0.2) is 0 Å². The fourth-order valence-electron chi connectivity index (χ4n) is 3.38. The Morgan fingerprint density at radius 2 is 1.52 bits per heavy atom. The number of hydrogen-bond acceptors (Lipinski definition) is 4. The quantitative estimate of drug-likeness (QED) is 0.292. The minimum Gasteiger partial charge on any atom is -0.280 e. The van der Waals surface area contributed by atoms with Gasteiger partial charge in [-0.05, 0) is 30.2 Å². The molecule has 3 aromatic carbocycles. The van der Waals surface area contributed by atoms with Gasteiger partial charge in [0.25, 0.3) is 0 Å². The van der Waals surface area contributed by atoms with Crippen molar-refractivity contribution in [2.45, 2.75) is 6.92 Å². The average Bonchev–Trinajstić information content (AvgIpc) is 3.32. The minimum atomic E-state index is 0.627. The summed E-state index contributed by atoms with van der Waals surface area (Å²) in [7, 11) is 0. The molecule has 0 aliphatic heterocycles. The number of aromatic nitrogens is 2. The van der Waals surface area contributed by atoms with Crippen LogP contribution in [0.5, 0.6) is 0 Å². The number of hydrogen-bond donors (Lipinski definition) is 0. The summed E-state index contributed by atoms with van der Waals surface area (Å²) in [6, 6.07) is 28.6. The third kappa shape index (κ3) is 3.37. The molecule has 0 fully saturated rings. The molecule has 0 spiro atoms. The zero-order valence-electron chi connectivity index (χ0n) is 15.9. The normalized spacial score (nSPS) is 11.5. The lowest BCUT2D eigenvalue weighted by atomic mass is 10.1. The molecule has 0 atom stereocenters. The van der Waals surface area contributed by atoms with Gasteiger partial charge in [-0.2, -0.15) is 4.98 Å². The summed E-state index contributed by atoms with van der Waals surface area (Å²) in [5.74, 6) is 0.627. The van der Waals surface area contributed by atoms with Gasteiger partial charge in [-0.15, -0.1) is 21.6 Å². The molecule has 0 amide bonds. The Bertz CT molecular complexity index is 1300. The summed E-state index contributed by atoms with van der Waals surface area (Å²) in [6.45, 7) is 2.05. The fraction of sp³-hybridized carbons (Fsp3) is 0.0417. The summed E-state index contributed by atoms with van der Waals surface area (Å²) in [6.07, 6.45) is 0. The Hall–Kier alpha value is -3.57. The Balaban J connectivity index is 1.71. The van der Waals surface area contributed by atoms with Gasteiger partial charge in [0, 0.05) is 10.9 Å². The topological polar surface area (TPSA) is 42.0 Å². The van der Waals surface area contributed by atoms with E-state index in [9.17, 15) is 0 Å². The zero-order valence-corrected chi connectivity index (χ0v) is 16.7. The number of nitrogens with zero attached hydrogens (tertiary/aromatic N) is 4. The molecule has 5 rings (SSSR count). The van der Waals surface area contributed by atoms with E-state index in [1.807, 2.05) is 55.5 Å². The van der Waals surface area contributed by atoms with Crippen LogP contribution in [-0.2, 0) is 0 Å². The standard InChI is InChI=1S/C24H18N4S/c1-17-9-8-14-20(15-17)26-27-23-22(19-12-6-3-7-13-19)28-21(16-29-24(28)25-23)18-10-4-2-5-11-18/h2-16H,1H3. The van der Waals surface area contributed by atoms with Crippen molar-refractivity contribution < 1.29 is 0 Å². The molecule has 0 unspecified atom stereocenters. The second-order valence-electron chi connectivity index (χ2n) is 6.79. The number of imidazole rings is 1. The Morgan fingerprint density at radius 1 is 0.793 bits per heavy atom. The number of azo groups is 1. The summed E-state index contributed by atoms with van der Waals surface area (Å²) < 4.78 is 2.18. The van der Waals surface area contributed by atoms with Crippen LogP contribution in [0.3, 0.4) is 0 Å². The maximum Gasteiger partial charge on any atom is 0.202 e. The van der Waals surface area contributed by atoms with Gasteiger partial charge in [0.05, 0.1) is 11.4 Å². The summed E-state index contributed by atoms with van der Waals surface area (Å²) in [5, 5.41) is 11.1. The molecule has 0 saturated carbocycles. The Morgan fingerprint density at radius 3 is 2.24 bits per heavy atom. The van der Waals surface area contributed by atoms with Gasteiger partial charge in [-0.3, -0.25) is 4.40 Å². The highest BCUT2D eigenvalue weighted by Crippen LogP contribution is 2.38. The molecule has 0 aliphatic carbocycles. The number of fused-ring (bicyclic) bond motifs is 1. The third-order valence-electron chi connectivity index (χ3n) is 4.72. The highest BCUT2D eigenvalue weighted by molar-refractivity contribution is 7.15. The molecule has 29 heavy (non-hydrogen) atoms. The molecule has 2 heterocycles. The van der Waals surface area contributed by atoms with E-state index in [0.717, 1.165) is 38.7 Å². The highest BCUT2D eigenvalue weighted by Gasteiger charge is 2.19. The largest absolute Gasteiger partial charge is 0.280 e. The van der Waals surface area contributed by atoms with Crippen LogP contribution in [0.15, 0.2) is 101 Å². The smallest absolute Gasteiger partial charge is 0.202 e. The van der Waals surface area contributed by atoms with E-state index in [0.29, 0.717) is 5.82 Å². The van der Waals surface area contributed by atoms with E-state index >= 15 is 0 Å². The predicted molar refractivity (Wildman–Crippen MR) is 119 cm³/mol. The van der Waals surface area contributed by atoms with Gasteiger partial charge < -0.3 is 0 Å².